The summed E-state index contributed by atoms with van der Waals surface area (Å²) in [5.74, 6) is -2.68. The third-order valence-electron chi connectivity index (χ3n) is 2.90. The van der Waals surface area contributed by atoms with E-state index in [0.29, 0.717) is 5.56 Å². The molecule has 0 spiro atoms. The number of benzene rings is 1. The Morgan fingerprint density at radius 2 is 2.15 bits per heavy atom. The molecule has 0 bridgehead atoms. The van der Waals surface area contributed by atoms with Gasteiger partial charge in [0.05, 0.1) is 6.10 Å². The Morgan fingerprint density at radius 1 is 1.40 bits per heavy atom. The van der Waals surface area contributed by atoms with Crippen LogP contribution in [0.2, 0.25) is 0 Å². The van der Waals surface area contributed by atoms with Gasteiger partial charge < -0.3 is 10.4 Å². The first-order valence-electron chi connectivity index (χ1n) is 5.93. The number of carbonyl (C=O) groups is 1. The first-order valence-corrected chi connectivity index (χ1v) is 6.88. The van der Waals surface area contributed by atoms with Crippen LogP contribution in [-0.2, 0) is 0 Å². The van der Waals surface area contributed by atoms with Gasteiger partial charge in [-0.3, -0.25) is 4.79 Å². The molecule has 20 heavy (non-hydrogen) atoms. The minimum Gasteiger partial charge on any atom is -0.387 e. The van der Waals surface area contributed by atoms with Crippen molar-refractivity contribution in [2.75, 3.05) is 6.54 Å². The SMILES string of the molecule is Cc1ccc(F)c(C(=O)NCC(O)c2ccsc2)c1F. The molecule has 0 aliphatic heterocycles. The zero-order valence-corrected chi connectivity index (χ0v) is 11.5. The Bertz CT molecular complexity index is 614. The number of thiophene rings is 1. The van der Waals surface area contributed by atoms with Crippen LogP contribution in [0.5, 0.6) is 0 Å². The van der Waals surface area contributed by atoms with E-state index in [9.17, 15) is 18.7 Å². The second-order valence-electron chi connectivity index (χ2n) is 4.34. The van der Waals surface area contributed by atoms with Gasteiger partial charge in [0.15, 0.2) is 0 Å². The van der Waals surface area contributed by atoms with Gasteiger partial charge in [0.2, 0.25) is 0 Å². The molecule has 3 nitrogen and oxygen atoms in total. The van der Waals surface area contributed by atoms with Gasteiger partial charge in [-0.05, 0) is 40.9 Å². The Labute approximate surface area is 118 Å². The molecule has 106 valence electrons. The minimum atomic E-state index is -0.921. The van der Waals surface area contributed by atoms with Crippen molar-refractivity contribution in [2.24, 2.45) is 0 Å². The van der Waals surface area contributed by atoms with E-state index < -0.39 is 29.2 Å². The quantitative estimate of drug-likeness (QED) is 0.911. The lowest BCUT2D eigenvalue weighted by molar-refractivity contribution is 0.0908. The highest BCUT2D eigenvalue weighted by atomic mass is 32.1. The number of aryl methyl sites for hydroxylation is 1. The Kier molecular flexibility index (Phi) is 4.46. The van der Waals surface area contributed by atoms with Crippen molar-refractivity contribution in [1.82, 2.24) is 5.32 Å². The number of aliphatic hydroxyl groups excluding tert-OH is 1. The molecule has 6 heteroatoms. The van der Waals surface area contributed by atoms with Crippen LogP contribution in [0.1, 0.15) is 27.6 Å². The van der Waals surface area contributed by atoms with Gasteiger partial charge in [0.25, 0.3) is 5.91 Å². The summed E-state index contributed by atoms with van der Waals surface area (Å²) in [5, 5.41) is 15.7. The van der Waals surface area contributed by atoms with Gasteiger partial charge in [-0.2, -0.15) is 11.3 Å². The molecule has 1 amide bonds. The van der Waals surface area contributed by atoms with Gasteiger partial charge in [-0.25, -0.2) is 8.78 Å². The monoisotopic (exact) mass is 297 g/mol. The fraction of sp³-hybridized carbons (Fsp3) is 0.214. The fourth-order valence-electron chi connectivity index (χ4n) is 1.73. The molecule has 1 atom stereocenters. The summed E-state index contributed by atoms with van der Waals surface area (Å²) in [6, 6.07) is 4.03. The van der Waals surface area contributed by atoms with Crippen LogP contribution in [-0.4, -0.2) is 17.6 Å². The van der Waals surface area contributed by atoms with Crippen LogP contribution >= 0.6 is 11.3 Å². The third-order valence-corrected chi connectivity index (χ3v) is 3.60. The van der Waals surface area contributed by atoms with Crippen LogP contribution in [0.4, 0.5) is 8.78 Å². The van der Waals surface area contributed by atoms with E-state index in [4.69, 9.17) is 0 Å². The molecule has 0 saturated carbocycles. The molecular formula is C14H13F2NO2S. The zero-order valence-electron chi connectivity index (χ0n) is 10.7. The van der Waals surface area contributed by atoms with Crippen LogP contribution in [0, 0.1) is 18.6 Å². The van der Waals surface area contributed by atoms with Crippen molar-refractivity contribution in [3.8, 4) is 0 Å². The van der Waals surface area contributed by atoms with Gasteiger partial charge in [0, 0.05) is 6.54 Å². The minimum absolute atomic E-state index is 0.109. The molecule has 2 aromatic rings. The lowest BCUT2D eigenvalue weighted by Gasteiger charge is -2.12. The predicted octanol–water partition coefficient (Wildman–Crippen LogP) is 2.80. The topological polar surface area (TPSA) is 49.3 Å². The smallest absolute Gasteiger partial charge is 0.257 e. The summed E-state index contributed by atoms with van der Waals surface area (Å²) < 4.78 is 27.3. The molecular weight excluding hydrogens is 284 g/mol. The highest BCUT2D eigenvalue weighted by Crippen LogP contribution is 2.18. The molecule has 2 N–H and O–H groups in total. The van der Waals surface area contributed by atoms with E-state index in [2.05, 4.69) is 5.32 Å². The molecule has 2 rings (SSSR count). The second-order valence-corrected chi connectivity index (χ2v) is 5.12. The molecule has 0 aliphatic rings. The number of hydrogen-bond acceptors (Lipinski definition) is 3. The van der Waals surface area contributed by atoms with Gasteiger partial charge in [-0.1, -0.05) is 6.07 Å². The highest BCUT2D eigenvalue weighted by Gasteiger charge is 2.20. The van der Waals surface area contributed by atoms with Crippen molar-refractivity contribution in [3.05, 3.63) is 57.3 Å². The number of nitrogens with one attached hydrogen (secondary N) is 1. The lowest BCUT2D eigenvalue weighted by atomic mass is 10.1. The van der Waals surface area contributed by atoms with Crippen molar-refractivity contribution in [1.29, 1.82) is 0 Å². The molecule has 0 fully saturated rings. The van der Waals surface area contributed by atoms with E-state index in [1.54, 1.807) is 16.8 Å². The molecule has 1 unspecified atom stereocenters. The first-order chi connectivity index (χ1) is 9.50. The van der Waals surface area contributed by atoms with Gasteiger partial charge in [-0.15, -0.1) is 0 Å². The summed E-state index contributed by atoms with van der Waals surface area (Å²) in [6.07, 6.45) is -0.902. The van der Waals surface area contributed by atoms with Crippen LogP contribution < -0.4 is 5.32 Å². The Hall–Kier alpha value is -1.79. The summed E-state index contributed by atoms with van der Waals surface area (Å²) >= 11 is 1.41. The summed E-state index contributed by atoms with van der Waals surface area (Å²) in [4.78, 5) is 11.8. The van der Waals surface area contributed by atoms with Crippen molar-refractivity contribution in [2.45, 2.75) is 13.0 Å². The Morgan fingerprint density at radius 3 is 2.80 bits per heavy atom. The zero-order chi connectivity index (χ0) is 14.7. The molecule has 0 radical (unpaired) electrons. The Balaban J connectivity index is 2.08. The van der Waals surface area contributed by atoms with Crippen molar-refractivity contribution in [3.63, 3.8) is 0 Å². The average Bonchev–Trinajstić information content (AvgIpc) is 2.95. The number of carbonyl (C=O) groups excluding carboxylic acids is 1. The van der Waals surface area contributed by atoms with Gasteiger partial charge >= 0.3 is 0 Å². The average molecular weight is 297 g/mol. The summed E-state index contributed by atoms with van der Waals surface area (Å²) in [7, 11) is 0. The van der Waals surface area contributed by atoms with Gasteiger partial charge in [0.1, 0.15) is 17.2 Å². The summed E-state index contributed by atoms with van der Waals surface area (Å²) in [5.41, 5.74) is 0.220. The van der Waals surface area contributed by atoms with Crippen LogP contribution in [0.15, 0.2) is 29.0 Å². The predicted molar refractivity (Wildman–Crippen MR) is 72.7 cm³/mol. The van der Waals surface area contributed by atoms with Crippen molar-refractivity contribution < 1.29 is 18.7 Å². The van der Waals surface area contributed by atoms with E-state index in [-0.39, 0.29) is 12.1 Å². The number of rotatable bonds is 4. The molecule has 1 heterocycles. The standard InChI is InChI=1S/C14H13F2NO2S/c1-8-2-3-10(15)12(13(8)16)14(19)17-6-11(18)9-4-5-20-7-9/h2-5,7,11,18H,6H2,1H3,(H,17,19). The number of aliphatic hydroxyl groups is 1. The lowest BCUT2D eigenvalue weighted by Crippen LogP contribution is -2.30. The third kappa shape index (κ3) is 3.02. The van der Waals surface area contributed by atoms with Crippen LogP contribution in [0.3, 0.4) is 0 Å². The number of amides is 1. The van der Waals surface area contributed by atoms with E-state index in [0.717, 1.165) is 6.07 Å². The fourth-order valence-corrected chi connectivity index (χ4v) is 2.43. The molecule has 1 aromatic heterocycles. The first kappa shape index (κ1) is 14.6. The number of hydrogen-bond donors (Lipinski definition) is 2. The maximum Gasteiger partial charge on any atom is 0.257 e. The largest absolute Gasteiger partial charge is 0.387 e. The molecule has 0 saturated heterocycles. The highest BCUT2D eigenvalue weighted by molar-refractivity contribution is 7.07. The normalized spacial score (nSPS) is 12.2. The maximum absolute atomic E-state index is 13.7. The van der Waals surface area contributed by atoms with E-state index in [1.807, 2.05) is 0 Å². The van der Waals surface area contributed by atoms with E-state index in [1.165, 1.54) is 24.3 Å². The molecule has 0 aliphatic carbocycles. The molecule has 1 aromatic carbocycles. The van der Waals surface area contributed by atoms with Crippen LogP contribution in [0.25, 0.3) is 0 Å². The van der Waals surface area contributed by atoms with E-state index >= 15 is 0 Å². The number of halogens is 2. The van der Waals surface area contributed by atoms with Crippen molar-refractivity contribution >= 4 is 17.2 Å². The second kappa shape index (κ2) is 6.11. The summed E-state index contributed by atoms with van der Waals surface area (Å²) in [6.45, 7) is 1.34. The maximum atomic E-state index is 13.7.